The van der Waals surface area contributed by atoms with Gasteiger partial charge in [0.2, 0.25) is 0 Å². The second kappa shape index (κ2) is 5.41. The van der Waals surface area contributed by atoms with Crippen molar-refractivity contribution in [2.24, 2.45) is 0 Å². The number of hydrogen-bond acceptors (Lipinski definition) is 5. The van der Waals surface area contributed by atoms with Crippen molar-refractivity contribution >= 4 is 17.3 Å². The van der Waals surface area contributed by atoms with E-state index in [9.17, 15) is 0 Å². The van der Waals surface area contributed by atoms with Crippen LogP contribution in [0.4, 0.5) is 17.3 Å². The maximum absolute atomic E-state index is 8.68. The number of hydrogen-bond donors (Lipinski definition) is 4. The lowest BCUT2D eigenvalue weighted by Crippen LogP contribution is -2.16. The predicted molar refractivity (Wildman–Crippen MR) is 62.5 cm³/mol. The van der Waals surface area contributed by atoms with Crippen molar-refractivity contribution in [3.05, 3.63) is 12.1 Å². The standard InChI is InChI=1S/C10H18N4O/c1-7(3-2-6-15)13-9-5-4-8(11)10(12)14-9/h4-5,7,15H,2-3,6,11H2,1H3,(H3,12,13,14). The van der Waals surface area contributed by atoms with Gasteiger partial charge in [0.05, 0.1) is 5.69 Å². The normalized spacial score (nSPS) is 12.4. The number of nitrogen functional groups attached to an aromatic ring is 2. The van der Waals surface area contributed by atoms with E-state index >= 15 is 0 Å². The first kappa shape index (κ1) is 11.6. The zero-order chi connectivity index (χ0) is 11.3. The number of pyridine rings is 1. The predicted octanol–water partition coefficient (Wildman–Crippen LogP) is 0.819. The van der Waals surface area contributed by atoms with Crippen LogP contribution in [0.5, 0.6) is 0 Å². The quantitative estimate of drug-likeness (QED) is 0.577. The topological polar surface area (TPSA) is 97.2 Å². The number of nitrogens with one attached hydrogen (secondary N) is 1. The van der Waals surface area contributed by atoms with Crippen LogP contribution >= 0.6 is 0 Å². The van der Waals surface area contributed by atoms with E-state index in [4.69, 9.17) is 16.6 Å². The Kier molecular flexibility index (Phi) is 4.17. The van der Waals surface area contributed by atoms with E-state index in [-0.39, 0.29) is 12.6 Å². The van der Waals surface area contributed by atoms with Gasteiger partial charge in [0, 0.05) is 12.6 Å². The third kappa shape index (κ3) is 3.63. The summed E-state index contributed by atoms with van der Waals surface area (Å²) in [4.78, 5) is 4.10. The van der Waals surface area contributed by atoms with Crippen LogP contribution in [-0.2, 0) is 0 Å². The van der Waals surface area contributed by atoms with E-state index in [1.165, 1.54) is 0 Å². The van der Waals surface area contributed by atoms with E-state index in [2.05, 4.69) is 10.3 Å². The van der Waals surface area contributed by atoms with Gasteiger partial charge in [-0.25, -0.2) is 4.98 Å². The average molecular weight is 210 g/mol. The van der Waals surface area contributed by atoms with E-state index in [0.29, 0.717) is 17.3 Å². The second-order valence-corrected chi connectivity index (χ2v) is 3.58. The number of aliphatic hydroxyl groups excluding tert-OH is 1. The van der Waals surface area contributed by atoms with Gasteiger partial charge in [-0.3, -0.25) is 0 Å². The third-order valence-corrected chi connectivity index (χ3v) is 2.15. The molecular weight excluding hydrogens is 192 g/mol. The first-order chi connectivity index (χ1) is 7.13. The molecule has 0 bridgehead atoms. The van der Waals surface area contributed by atoms with Gasteiger partial charge >= 0.3 is 0 Å². The van der Waals surface area contributed by atoms with Crippen molar-refractivity contribution in [1.82, 2.24) is 4.98 Å². The smallest absolute Gasteiger partial charge is 0.149 e. The Bertz CT molecular complexity index is 316. The summed E-state index contributed by atoms with van der Waals surface area (Å²) in [5, 5.41) is 11.9. The number of aliphatic hydroxyl groups is 1. The zero-order valence-corrected chi connectivity index (χ0v) is 8.90. The van der Waals surface area contributed by atoms with Gasteiger partial charge in [0.25, 0.3) is 0 Å². The van der Waals surface area contributed by atoms with Gasteiger partial charge in [0.1, 0.15) is 11.6 Å². The van der Waals surface area contributed by atoms with Crippen LogP contribution in [0.1, 0.15) is 19.8 Å². The molecule has 1 atom stereocenters. The highest BCUT2D eigenvalue weighted by Gasteiger charge is 2.03. The molecule has 1 rings (SSSR count). The molecule has 0 aliphatic rings. The molecule has 0 radical (unpaired) electrons. The van der Waals surface area contributed by atoms with Crippen LogP contribution in [0.2, 0.25) is 0 Å². The Labute approximate surface area is 89.5 Å². The van der Waals surface area contributed by atoms with Crippen molar-refractivity contribution in [2.45, 2.75) is 25.8 Å². The molecule has 15 heavy (non-hydrogen) atoms. The summed E-state index contributed by atoms with van der Waals surface area (Å²) in [7, 11) is 0. The number of nitrogens with two attached hydrogens (primary N) is 2. The molecule has 5 nitrogen and oxygen atoms in total. The first-order valence-electron chi connectivity index (χ1n) is 5.03. The largest absolute Gasteiger partial charge is 0.396 e. The summed E-state index contributed by atoms with van der Waals surface area (Å²) in [6.45, 7) is 2.24. The lowest BCUT2D eigenvalue weighted by molar-refractivity contribution is 0.282. The molecule has 1 unspecified atom stereocenters. The Hall–Kier alpha value is -1.49. The van der Waals surface area contributed by atoms with E-state index in [1.54, 1.807) is 12.1 Å². The first-order valence-corrected chi connectivity index (χ1v) is 5.03. The summed E-state index contributed by atoms with van der Waals surface area (Å²) in [5.41, 5.74) is 11.6. The minimum atomic E-state index is 0.212. The van der Waals surface area contributed by atoms with Gasteiger partial charge in [-0.2, -0.15) is 0 Å². The molecule has 5 heteroatoms. The fourth-order valence-electron chi connectivity index (χ4n) is 1.29. The van der Waals surface area contributed by atoms with Gasteiger partial charge in [-0.1, -0.05) is 0 Å². The molecule has 0 saturated carbocycles. The highest BCUT2D eigenvalue weighted by Crippen LogP contribution is 2.15. The van der Waals surface area contributed by atoms with Crippen LogP contribution in [0.25, 0.3) is 0 Å². The number of anilines is 3. The Morgan fingerprint density at radius 1 is 1.47 bits per heavy atom. The minimum absolute atomic E-state index is 0.212. The SMILES string of the molecule is CC(CCCO)Nc1ccc(N)c(N)n1. The highest BCUT2D eigenvalue weighted by molar-refractivity contribution is 5.61. The van der Waals surface area contributed by atoms with Crippen molar-refractivity contribution in [3.63, 3.8) is 0 Å². The molecule has 0 aromatic carbocycles. The summed E-state index contributed by atoms with van der Waals surface area (Å²) in [6.07, 6.45) is 1.67. The number of nitrogens with zero attached hydrogens (tertiary/aromatic N) is 1. The molecule has 1 aromatic rings. The van der Waals surface area contributed by atoms with Gasteiger partial charge in [-0.05, 0) is 31.9 Å². The highest BCUT2D eigenvalue weighted by atomic mass is 16.2. The van der Waals surface area contributed by atoms with Crippen LogP contribution in [0.3, 0.4) is 0 Å². The Balaban J connectivity index is 2.53. The molecule has 0 fully saturated rings. The maximum atomic E-state index is 8.68. The van der Waals surface area contributed by atoms with Crippen LogP contribution in [0, 0.1) is 0 Å². The van der Waals surface area contributed by atoms with E-state index in [1.807, 2.05) is 6.92 Å². The van der Waals surface area contributed by atoms with E-state index < -0.39 is 0 Å². The van der Waals surface area contributed by atoms with Gasteiger partial charge in [0.15, 0.2) is 0 Å². The molecule has 0 aliphatic heterocycles. The lowest BCUT2D eigenvalue weighted by atomic mass is 10.2. The average Bonchev–Trinajstić information content (AvgIpc) is 2.20. The number of rotatable bonds is 5. The monoisotopic (exact) mass is 210 g/mol. The minimum Gasteiger partial charge on any atom is -0.396 e. The summed E-state index contributed by atoms with van der Waals surface area (Å²) < 4.78 is 0. The van der Waals surface area contributed by atoms with Crippen molar-refractivity contribution in [2.75, 3.05) is 23.4 Å². The lowest BCUT2D eigenvalue weighted by Gasteiger charge is -2.14. The molecule has 84 valence electrons. The van der Waals surface area contributed by atoms with Crippen molar-refractivity contribution in [3.8, 4) is 0 Å². The fraction of sp³-hybridized carbons (Fsp3) is 0.500. The van der Waals surface area contributed by atoms with Gasteiger partial charge < -0.3 is 21.9 Å². The molecule has 1 aromatic heterocycles. The zero-order valence-electron chi connectivity index (χ0n) is 8.90. The second-order valence-electron chi connectivity index (χ2n) is 3.58. The fourth-order valence-corrected chi connectivity index (χ4v) is 1.29. The van der Waals surface area contributed by atoms with Crippen molar-refractivity contribution < 1.29 is 5.11 Å². The number of aromatic nitrogens is 1. The summed E-state index contributed by atoms with van der Waals surface area (Å²) in [5.74, 6) is 1.06. The Morgan fingerprint density at radius 2 is 2.20 bits per heavy atom. The van der Waals surface area contributed by atoms with Crippen molar-refractivity contribution in [1.29, 1.82) is 0 Å². The van der Waals surface area contributed by atoms with Crippen LogP contribution < -0.4 is 16.8 Å². The molecule has 6 N–H and O–H groups in total. The molecule has 0 amide bonds. The molecule has 0 saturated heterocycles. The van der Waals surface area contributed by atoms with Crippen LogP contribution in [0.15, 0.2) is 12.1 Å². The van der Waals surface area contributed by atoms with E-state index in [0.717, 1.165) is 12.8 Å². The molecule has 0 aliphatic carbocycles. The molecular formula is C10H18N4O. The Morgan fingerprint density at radius 3 is 2.80 bits per heavy atom. The summed E-state index contributed by atoms with van der Waals surface area (Å²) >= 11 is 0. The van der Waals surface area contributed by atoms with Gasteiger partial charge in [-0.15, -0.1) is 0 Å². The third-order valence-electron chi connectivity index (χ3n) is 2.15. The summed E-state index contributed by atoms with van der Waals surface area (Å²) in [6, 6.07) is 3.78. The molecule has 1 heterocycles. The maximum Gasteiger partial charge on any atom is 0.149 e. The van der Waals surface area contributed by atoms with Crippen LogP contribution in [-0.4, -0.2) is 22.7 Å². The molecule has 0 spiro atoms.